The van der Waals surface area contributed by atoms with Gasteiger partial charge in [-0.05, 0) is 33.1 Å². The Bertz CT molecular complexity index is 670. The molecule has 0 bridgehead atoms. The van der Waals surface area contributed by atoms with Gasteiger partial charge in [0.05, 0.1) is 19.8 Å². The van der Waals surface area contributed by atoms with Gasteiger partial charge in [-0.15, -0.1) is 0 Å². The SMILES string of the molecule is C=C(C)C(=O)O.C=C(C)C(=O)O.C=CC(=O)O.C=CC(=O)O.C=CC(=O)O.CCC(CO)(CO)CO.OCCCCO. The summed E-state index contributed by atoms with van der Waals surface area (Å²) < 4.78 is 0. The fraction of sp³-hybridized carbons (Fsp3) is 0.444. The highest BCUT2D eigenvalue weighted by molar-refractivity contribution is 5.85. The van der Waals surface area contributed by atoms with Crippen LogP contribution in [0.5, 0.6) is 0 Å². The van der Waals surface area contributed by atoms with Crippen molar-refractivity contribution in [2.45, 2.75) is 40.0 Å². The van der Waals surface area contributed by atoms with Gasteiger partial charge in [0.2, 0.25) is 0 Å². The standard InChI is InChI=1S/C6H14O3.2C4H6O2.C4H10O2.3C3H4O2/c1-2-6(3-7,4-8)5-9;2*1-3(2)4(5)6;5-3-1-2-4-6;3*1-2-3(4)5/h7-9H,2-5H2,1H3;2*1H2,2H3,(H,5,6);5-6H,1-4H2;3*2H,1H2,(H,4,5). The van der Waals surface area contributed by atoms with Crippen LogP contribution < -0.4 is 0 Å². The van der Waals surface area contributed by atoms with Crippen LogP contribution in [-0.2, 0) is 24.0 Å². The van der Waals surface area contributed by atoms with E-state index in [1.165, 1.54) is 13.8 Å². The average molecular weight is 613 g/mol. The van der Waals surface area contributed by atoms with Crippen molar-refractivity contribution >= 4 is 29.8 Å². The lowest BCUT2D eigenvalue weighted by Crippen LogP contribution is -2.32. The molecule has 0 amide bonds. The van der Waals surface area contributed by atoms with Crippen molar-refractivity contribution in [2.75, 3.05) is 33.0 Å². The molecule has 15 heteroatoms. The third-order valence-electron chi connectivity index (χ3n) is 3.58. The quantitative estimate of drug-likeness (QED) is 0.109. The molecule has 0 saturated heterocycles. The first-order valence-electron chi connectivity index (χ1n) is 11.6. The van der Waals surface area contributed by atoms with Crippen molar-refractivity contribution in [3.63, 3.8) is 0 Å². The van der Waals surface area contributed by atoms with Gasteiger partial charge in [0, 0.05) is 48.0 Å². The first kappa shape index (κ1) is 54.0. The summed E-state index contributed by atoms with van der Waals surface area (Å²) in [7, 11) is 0. The molecule has 0 aliphatic heterocycles. The fourth-order valence-corrected chi connectivity index (χ4v) is 0.709. The highest BCUT2D eigenvalue weighted by Gasteiger charge is 2.24. The Morgan fingerprint density at radius 3 is 0.762 bits per heavy atom. The predicted molar refractivity (Wildman–Crippen MR) is 156 cm³/mol. The molecule has 0 unspecified atom stereocenters. The highest BCUT2D eigenvalue weighted by Crippen LogP contribution is 2.18. The van der Waals surface area contributed by atoms with Crippen molar-refractivity contribution in [3.05, 3.63) is 62.3 Å². The molecule has 0 atom stereocenters. The van der Waals surface area contributed by atoms with Crippen molar-refractivity contribution in [1.29, 1.82) is 0 Å². The Kier molecular flexibility index (Phi) is 53.1. The second-order valence-corrected chi connectivity index (χ2v) is 7.28. The van der Waals surface area contributed by atoms with Crippen molar-refractivity contribution in [3.8, 4) is 0 Å². The molecule has 0 radical (unpaired) electrons. The zero-order valence-corrected chi connectivity index (χ0v) is 24.4. The summed E-state index contributed by atoms with van der Waals surface area (Å²) in [5.74, 6) is -4.81. The lowest BCUT2D eigenvalue weighted by Gasteiger charge is -2.24. The summed E-state index contributed by atoms with van der Waals surface area (Å²) in [6.45, 7) is 19.8. The van der Waals surface area contributed by atoms with Crippen LogP contribution in [0.25, 0.3) is 0 Å². The minimum atomic E-state index is -0.981. The third-order valence-corrected chi connectivity index (χ3v) is 3.58. The van der Waals surface area contributed by atoms with Gasteiger partial charge in [0.15, 0.2) is 0 Å². The maximum atomic E-state index is 9.60. The number of carboxylic acids is 5. The lowest BCUT2D eigenvalue weighted by molar-refractivity contribution is -0.133. The van der Waals surface area contributed by atoms with E-state index < -0.39 is 35.3 Å². The topological polar surface area (TPSA) is 288 Å². The van der Waals surface area contributed by atoms with E-state index in [2.05, 4.69) is 32.9 Å². The Labute approximate surface area is 246 Å². The fourth-order valence-electron chi connectivity index (χ4n) is 0.709. The van der Waals surface area contributed by atoms with Gasteiger partial charge < -0.3 is 51.1 Å². The number of unbranched alkanes of at least 4 members (excludes halogenated alkanes) is 1. The molecule has 0 saturated carbocycles. The summed E-state index contributed by atoms with van der Waals surface area (Å²) in [5.41, 5.74) is -0.315. The summed E-state index contributed by atoms with van der Waals surface area (Å²) in [4.78, 5) is 46.9. The molecular formula is C27H48O15. The Morgan fingerprint density at radius 2 is 0.738 bits per heavy atom. The van der Waals surface area contributed by atoms with Crippen molar-refractivity contribution < 1.29 is 75.0 Å². The number of aliphatic hydroxyl groups excluding tert-OH is 5. The number of aliphatic carboxylic acids is 5. The maximum Gasteiger partial charge on any atom is 0.330 e. The van der Waals surface area contributed by atoms with Gasteiger partial charge >= 0.3 is 29.8 Å². The second kappa shape index (κ2) is 41.3. The molecule has 0 aromatic rings. The molecule has 42 heavy (non-hydrogen) atoms. The van der Waals surface area contributed by atoms with E-state index in [0.29, 0.717) is 6.42 Å². The van der Waals surface area contributed by atoms with E-state index in [0.717, 1.165) is 31.1 Å². The number of rotatable bonds is 12. The van der Waals surface area contributed by atoms with Crippen molar-refractivity contribution in [2.24, 2.45) is 5.41 Å². The smallest absolute Gasteiger partial charge is 0.330 e. The molecule has 10 N–H and O–H groups in total. The van der Waals surface area contributed by atoms with Crippen LogP contribution >= 0.6 is 0 Å². The zero-order chi connectivity index (χ0) is 35.3. The first-order chi connectivity index (χ1) is 19.3. The number of aliphatic hydroxyl groups is 5. The van der Waals surface area contributed by atoms with Gasteiger partial charge in [0.1, 0.15) is 0 Å². The van der Waals surface area contributed by atoms with Crippen molar-refractivity contribution in [1.82, 2.24) is 0 Å². The number of hydrogen-bond donors (Lipinski definition) is 10. The number of hydrogen-bond acceptors (Lipinski definition) is 10. The van der Waals surface area contributed by atoms with Gasteiger partial charge in [-0.2, -0.15) is 0 Å². The lowest BCUT2D eigenvalue weighted by atomic mass is 9.88. The van der Waals surface area contributed by atoms with E-state index in [1.807, 2.05) is 6.92 Å². The molecule has 0 heterocycles. The van der Waals surface area contributed by atoms with Crippen LogP contribution in [0.15, 0.2) is 62.3 Å². The Hall–Kier alpha value is -4.15. The van der Waals surface area contributed by atoms with E-state index in [9.17, 15) is 24.0 Å². The van der Waals surface area contributed by atoms with Crippen LogP contribution in [0, 0.1) is 5.41 Å². The normalized spacial score (nSPS) is 8.29. The van der Waals surface area contributed by atoms with Crippen LogP contribution in [0.1, 0.15) is 40.0 Å². The van der Waals surface area contributed by atoms with Gasteiger partial charge in [-0.25, -0.2) is 24.0 Å². The largest absolute Gasteiger partial charge is 0.478 e. The Balaban J connectivity index is -0.0000000688. The molecule has 15 nitrogen and oxygen atoms in total. The minimum absolute atomic E-state index is 0.156. The maximum absolute atomic E-state index is 9.60. The second-order valence-electron chi connectivity index (χ2n) is 7.28. The molecule has 0 fully saturated rings. The molecule has 0 aromatic carbocycles. The van der Waals surface area contributed by atoms with Crippen LogP contribution in [0.2, 0.25) is 0 Å². The summed E-state index contributed by atoms with van der Waals surface area (Å²) in [5, 5.41) is 80.7. The highest BCUT2D eigenvalue weighted by atomic mass is 16.4. The molecule has 0 aromatic heterocycles. The van der Waals surface area contributed by atoms with E-state index in [-0.39, 0.29) is 44.2 Å². The van der Waals surface area contributed by atoms with E-state index in [4.69, 9.17) is 51.1 Å². The monoisotopic (exact) mass is 612 g/mol. The first-order valence-corrected chi connectivity index (χ1v) is 11.6. The van der Waals surface area contributed by atoms with Crippen LogP contribution in [-0.4, -0.2) is 114 Å². The molecule has 0 rings (SSSR count). The van der Waals surface area contributed by atoms with Crippen LogP contribution in [0.4, 0.5) is 0 Å². The van der Waals surface area contributed by atoms with Crippen LogP contribution in [0.3, 0.4) is 0 Å². The zero-order valence-electron chi connectivity index (χ0n) is 24.4. The molecule has 246 valence electrons. The average Bonchev–Trinajstić information content (AvgIpc) is 2.95. The summed E-state index contributed by atoms with van der Waals surface area (Å²) in [6, 6.07) is 0. The van der Waals surface area contributed by atoms with Gasteiger partial charge in [-0.1, -0.05) is 39.8 Å². The minimum Gasteiger partial charge on any atom is -0.478 e. The molecular weight excluding hydrogens is 564 g/mol. The summed E-state index contributed by atoms with van der Waals surface area (Å²) >= 11 is 0. The number of carbonyl (C=O) groups is 5. The third kappa shape index (κ3) is 70.5. The predicted octanol–water partition coefficient (Wildman–Crippen LogP) is 1.18. The molecule has 0 aliphatic rings. The molecule has 0 aliphatic carbocycles. The van der Waals surface area contributed by atoms with E-state index >= 15 is 0 Å². The Morgan fingerprint density at radius 1 is 0.571 bits per heavy atom. The van der Waals surface area contributed by atoms with E-state index in [1.54, 1.807) is 0 Å². The summed E-state index contributed by atoms with van der Waals surface area (Å²) in [6.07, 6.45) is 4.53. The molecule has 0 spiro atoms. The van der Waals surface area contributed by atoms with Gasteiger partial charge in [-0.3, -0.25) is 0 Å². The van der Waals surface area contributed by atoms with Gasteiger partial charge in [0.25, 0.3) is 0 Å². The number of carboxylic acid groups (broad SMARTS) is 5.